The second-order valence-corrected chi connectivity index (χ2v) is 3.55. The molecule has 1 rings (SSSR count). The lowest BCUT2D eigenvalue weighted by Gasteiger charge is -2.07. The Kier molecular flexibility index (Phi) is 3.96. The molecular formula is C10H14N4O2. The van der Waals surface area contributed by atoms with Crippen molar-refractivity contribution in [3.05, 3.63) is 23.9 Å². The molecule has 0 aromatic carbocycles. The standard InChI is InChI=1S/C10H14N4O2/c1-6(2)9(15)13-8-5-7(3-4-12-8)10(16)14-11/h3-6H,11H2,1-2H3,(H,14,16)(H,12,13,15). The molecule has 2 amide bonds. The molecule has 1 aromatic rings. The second kappa shape index (κ2) is 5.22. The summed E-state index contributed by atoms with van der Waals surface area (Å²) >= 11 is 0. The van der Waals surface area contributed by atoms with Gasteiger partial charge in [0.1, 0.15) is 5.82 Å². The number of nitrogens with one attached hydrogen (secondary N) is 2. The van der Waals surface area contributed by atoms with Crippen molar-refractivity contribution < 1.29 is 9.59 Å². The van der Waals surface area contributed by atoms with Crippen molar-refractivity contribution in [2.75, 3.05) is 5.32 Å². The zero-order valence-electron chi connectivity index (χ0n) is 9.15. The summed E-state index contributed by atoms with van der Waals surface area (Å²) in [6.45, 7) is 3.54. The van der Waals surface area contributed by atoms with E-state index in [2.05, 4.69) is 10.3 Å². The van der Waals surface area contributed by atoms with Crippen molar-refractivity contribution in [3.8, 4) is 0 Å². The van der Waals surface area contributed by atoms with Crippen LogP contribution in [0.2, 0.25) is 0 Å². The monoisotopic (exact) mass is 222 g/mol. The van der Waals surface area contributed by atoms with E-state index in [0.29, 0.717) is 11.4 Å². The van der Waals surface area contributed by atoms with E-state index in [1.54, 1.807) is 13.8 Å². The molecule has 0 aliphatic heterocycles. The third-order valence-electron chi connectivity index (χ3n) is 1.93. The number of carbonyl (C=O) groups excluding carboxylic acids is 2. The average Bonchev–Trinajstić information content (AvgIpc) is 2.28. The molecule has 0 saturated carbocycles. The lowest BCUT2D eigenvalue weighted by Crippen LogP contribution is -2.30. The predicted molar refractivity (Wildman–Crippen MR) is 59.4 cm³/mol. The summed E-state index contributed by atoms with van der Waals surface area (Å²) in [5.41, 5.74) is 2.35. The fourth-order valence-corrected chi connectivity index (χ4v) is 0.994. The Hall–Kier alpha value is -1.95. The summed E-state index contributed by atoms with van der Waals surface area (Å²) in [6.07, 6.45) is 1.43. The van der Waals surface area contributed by atoms with Gasteiger partial charge < -0.3 is 5.32 Å². The van der Waals surface area contributed by atoms with Crippen molar-refractivity contribution in [2.45, 2.75) is 13.8 Å². The molecule has 0 bridgehead atoms. The van der Waals surface area contributed by atoms with Gasteiger partial charge in [-0.1, -0.05) is 13.8 Å². The minimum atomic E-state index is -0.428. The first-order valence-electron chi connectivity index (χ1n) is 4.82. The van der Waals surface area contributed by atoms with Gasteiger partial charge in [0.2, 0.25) is 5.91 Å². The topological polar surface area (TPSA) is 97.1 Å². The van der Waals surface area contributed by atoms with E-state index in [1.165, 1.54) is 18.3 Å². The number of pyridine rings is 1. The number of aromatic nitrogens is 1. The quantitative estimate of drug-likeness (QED) is 0.388. The Morgan fingerprint density at radius 1 is 1.44 bits per heavy atom. The van der Waals surface area contributed by atoms with Gasteiger partial charge in [-0.25, -0.2) is 10.8 Å². The smallest absolute Gasteiger partial charge is 0.265 e. The second-order valence-electron chi connectivity index (χ2n) is 3.55. The first kappa shape index (κ1) is 12.1. The van der Waals surface area contributed by atoms with E-state index in [4.69, 9.17) is 5.84 Å². The molecule has 6 nitrogen and oxygen atoms in total. The summed E-state index contributed by atoms with van der Waals surface area (Å²) in [6, 6.07) is 2.97. The van der Waals surface area contributed by atoms with Gasteiger partial charge in [-0.15, -0.1) is 0 Å². The molecule has 0 spiro atoms. The molecule has 0 unspecified atom stereocenters. The molecule has 86 valence electrons. The van der Waals surface area contributed by atoms with Crippen LogP contribution in [0.3, 0.4) is 0 Å². The van der Waals surface area contributed by atoms with E-state index in [1.807, 2.05) is 5.43 Å². The summed E-state index contributed by atoms with van der Waals surface area (Å²) in [5.74, 6) is 4.60. The van der Waals surface area contributed by atoms with Crippen LogP contribution in [-0.2, 0) is 4.79 Å². The van der Waals surface area contributed by atoms with E-state index in [-0.39, 0.29) is 11.8 Å². The van der Waals surface area contributed by atoms with Crippen molar-refractivity contribution in [1.29, 1.82) is 0 Å². The van der Waals surface area contributed by atoms with Crippen molar-refractivity contribution >= 4 is 17.6 Å². The number of anilines is 1. The third kappa shape index (κ3) is 3.03. The Balaban J connectivity index is 2.83. The van der Waals surface area contributed by atoms with Gasteiger partial charge in [0.25, 0.3) is 5.91 Å². The van der Waals surface area contributed by atoms with Crippen LogP contribution in [0.25, 0.3) is 0 Å². The lowest BCUT2D eigenvalue weighted by molar-refractivity contribution is -0.118. The van der Waals surface area contributed by atoms with Crippen LogP contribution in [0.5, 0.6) is 0 Å². The van der Waals surface area contributed by atoms with E-state index >= 15 is 0 Å². The maximum Gasteiger partial charge on any atom is 0.265 e. The molecule has 1 heterocycles. The number of hydrazine groups is 1. The van der Waals surface area contributed by atoms with Gasteiger partial charge in [-0.3, -0.25) is 15.0 Å². The largest absolute Gasteiger partial charge is 0.310 e. The molecule has 0 atom stereocenters. The number of rotatable bonds is 3. The highest BCUT2D eigenvalue weighted by Gasteiger charge is 2.09. The van der Waals surface area contributed by atoms with Crippen molar-refractivity contribution in [1.82, 2.24) is 10.4 Å². The SMILES string of the molecule is CC(C)C(=O)Nc1cc(C(=O)NN)ccn1. The van der Waals surface area contributed by atoms with Gasteiger partial charge in [0.05, 0.1) is 0 Å². The van der Waals surface area contributed by atoms with E-state index < -0.39 is 5.91 Å². The first-order chi connectivity index (χ1) is 7.54. The van der Waals surface area contributed by atoms with Crippen LogP contribution >= 0.6 is 0 Å². The van der Waals surface area contributed by atoms with Gasteiger partial charge in [0.15, 0.2) is 0 Å². The highest BCUT2D eigenvalue weighted by atomic mass is 16.2. The zero-order valence-corrected chi connectivity index (χ0v) is 9.15. The maximum absolute atomic E-state index is 11.4. The van der Waals surface area contributed by atoms with Gasteiger partial charge >= 0.3 is 0 Å². The fourth-order valence-electron chi connectivity index (χ4n) is 0.994. The number of amides is 2. The number of carbonyl (C=O) groups is 2. The molecule has 4 N–H and O–H groups in total. The van der Waals surface area contributed by atoms with Crippen LogP contribution < -0.4 is 16.6 Å². The minimum absolute atomic E-state index is 0.145. The van der Waals surface area contributed by atoms with Crippen LogP contribution in [0.15, 0.2) is 18.3 Å². The minimum Gasteiger partial charge on any atom is -0.310 e. The molecule has 0 fully saturated rings. The molecule has 1 aromatic heterocycles. The molecule has 16 heavy (non-hydrogen) atoms. The summed E-state index contributed by atoms with van der Waals surface area (Å²) in [7, 11) is 0. The van der Waals surface area contributed by atoms with Crippen LogP contribution in [0, 0.1) is 5.92 Å². The molecule has 0 saturated heterocycles. The maximum atomic E-state index is 11.4. The number of hydrogen-bond acceptors (Lipinski definition) is 4. The number of hydrogen-bond donors (Lipinski definition) is 3. The Bertz CT molecular complexity index is 404. The predicted octanol–water partition coefficient (Wildman–Crippen LogP) is 0.280. The summed E-state index contributed by atoms with van der Waals surface area (Å²) in [4.78, 5) is 26.5. The number of nitrogens with zero attached hydrogens (tertiary/aromatic N) is 1. The third-order valence-corrected chi connectivity index (χ3v) is 1.93. The lowest BCUT2D eigenvalue weighted by atomic mass is 10.2. The number of nitrogen functional groups attached to an aromatic ring is 1. The highest BCUT2D eigenvalue weighted by Crippen LogP contribution is 2.08. The van der Waals surface area contributed by atoms with Crippen LogP contribution in [0.1, 0.15) is 24.2 Å². The average molecular weight is 222 g/mol. The summed E-state index contributed by atoms with van der Waals surface area (Å²) in [5, 5.41) is 2.59. The zero-order chi connectivity index (χ0) is 12.1. The van der Waals surface area contributed by atoms with Crippen LogP contribution in [0.4, 0.5) is 5.82 Å². The van der Waals surface area contributed by atoms with Crippen molar-refractivity contribution in [2.24, 2.45) is 11.8 Å². The van der Waals surface area contributed by atoms with Gasteiger partial charge in [0, 0.05) is 17.7 Å². The van der Waals surface area contributed by atoms with E-state index in [9.17, 15) is 9.59 Å². The Morgan fingerprint density at radius 2 is 2.12 bits per heavy atom. The number of nitrogens with two attached hydrogens (primary N) is 1. The van der Waals surface area contributed by atoms with E-state index in [0.717, 1.165) is 0 Å². The molecule has 0 radical (unpaired) electrons. The van der Waals surface area contributed by atoms with Crippen molar-refractivity contribution in [3.63, 3.8) is 0 Å². The highest BCUT2D eigenvalue weighted by molar-refractivity contribution is 5.96. The van der Waals surface area contributed by atoms with Gasteiger partial charge in [-0.2, -0.15) is 0 Å². The molecular weight excluding hydrogens is 208 g/mol. The normalized spacial score (nSPS) is 10.0. The molecule has 0 aliphatic carbocycles. The first-order valence-corrected chi connectivity index (χ1v) is 4.82. The van der Waals surface area contributed by atoms with Crippen LogP contribution in [-0.4, -0.2) is 16.8 Å². The Morgan fingerprint density at radius 3 is 2.69 bits per heavy atom. The van der Waals surface area contributed by atoms with Gasteiger partial charge in [-0.05, 0) is 12.1 Å². The molecule has 6 heteroatoms. The Labute approximate surface area is 93.2 Å². The fraction of sp³-hybridized carbons (Fsp3) is 0.300. The molecule has 0 aliphatic rings. The summed E-state index contributed by atoms with van der Waals surface area (Å²) < 4.78 is 0.